The van der Waals surface area contributed by atoms with Crippen LogP contribution in [0.1, 0.15) is 41.6 Å². The van der Waals surface area contributed by atoms with E-state index in [0.29, 0.717) is 43.5 Å². The summed E-state index contributed by atoms with van der Waals surface area (Å²) in [5, 5.41) is 11.6. The first-order valence-electron chi connectivity index (χ1n) is 8.77. The minimum Gasteiger partial charge on any atom is -0.480 e. The SMILES string of the molecule is O=C(O)CN(CC1CC1)C1CC(NC(=O)c2cc(C(F)(F)F)ccc2F)C1. The third kappa shape index (κ3) is 4.97. The van der Waals surface area contributed by atoms with Crippen LogP contribution in [-0.2, 0) is 11.0 Å². The van der Waals surface area contributed by atoms with Crippen molar-refractivity contribution in [3.05, 3.63) is 35.1 Å². The molecular formula is C18H20F4N2O3. The molecule has 1 aromatic carbocycles. The van der Waals surface area contributed by atoms with Gasteiger partial charge in [-0.05, 0) is 49.8 Å². The van der Waals surface area contributed by atoms with Crippen molar-refractivity contribution in [3.63, 3.8) is 0 Å². The van der Waals surface area contributed by atoms with Crippen LogP contribution in [0.2, 0.25) is 0 Å². The van der Waals surface area contributed by atoms with Gasteiger partial charge >= 0.3 is 12.1 Å². The zero-order valence-corrected chi connectivity index (χ0v) is 14.4. The number of halogens is 4. The van der Waals surface area contributed by atoms with Gasteiger partial charge in [-0.25, -0.2) is 4.39 Å². The summed E-state index contributed by atoms with van der Waals surface area (Å²) in [5.74, 6) is -2.32. The lowest BCUT2D eigenvalue weighted by Crippen LogP contribution is -2.55. The van der Waals surface area contributed by atoms with E-state index in [-0.39, 0.29) is 18.6 Å². The van der Waals surface area contributed by atoms with E-state index < -0.39 is 35.0 Å². The number of benzene rings is 1. The Hall–Kier alpha value is -2.16. The van der Waals surface area contributed by atoms with Gasteiger partial charge < -0.3 is 10.4 Å². The maximum absolute atomic E-state index is 13.8. The largest absolute Gasteiger partial charge is 0.480 e. The molecule has 0 spiro atoms. The molecule has 148 valence electrons. The molecule has 0 unspecified atom stereocenters. The van der Waals surface area contributed by atoms with E-state index in [1.807, 2.05) is 4.90 Å². The fourth-order valence-electron chi connectivity index (χ4n) is 3.29. The Morgan fingerprint density at radius 1 is 1.22 bits per heavy atom. The summed E-state index contributed by atoms with van der Waals surface area (Å²) in [6.07, 6.45) is -1.52. The van der Waals surface area contributed by atoms with Crippen LogP contribution < -0.4 is 5.32 Å². The molecule has 0 bridgehead atoms. The van der Waals surface area contributed by atoms with Gasteiger partial charge in [-0.1, -0.05) is 0 Å². The lowest BCUT2D eigenvalue weighted by molar-refractivity contribution is -0.140. The molecule has 2 saturated carbocycles. The first-order valence-corrected chi connectivity index (χ1v) is 8.77. The zero-order valence-electron chi connectivity index (χ0n) is 14.4. The Labute approximate surface area is 153 Å². The molecule has 0 saturated heterocycles. The molecule has 0 aliphatic heterocycles. The summed E-state index contributed by atoms with van der Waals surface area (Å²) < 4.78 is 52.0. The molecule has 2 fully saturated rings. The van der Waals surface area contributed by atoms with Gasteiger partial charge in [0.15, 0.2) is 0 Å². The zero-order chi connectivity index (χ0) is 19.8. The first kappa shape index (κ1) is 19.6. The number of alkyl halides is 3. The monoisotopic (exact) mass is 388 g/mol. The predicted molar refractivity (Wildman–Crippen MR) is 87.6 cm³/mol. The van der Waals surface area contributed by atoms with Crippen LogP contribution in [-0.4, -0.2) is 47.1 Å². The van der Waals surface area contributed by atoms with Gasteiger partial charge in [-0.15, -0.1) is 0 Å². The second kappa shape index (κ2) is 7.46. The highest BCUT2D eigenvalue weighted by atomic mass is 19.4. The van der Waals surface area contributed by atoms with Gasteiger partial charge in [0.25, 0.3) is 5.91 Å². The van der Waals surface area contributed by atoms with Crippen LogP contribution >= 0.6 is 0 Å². The molecule has 2 aliphatic carbocycles. The Balaban J connectivity index is 1.57. The number of carboxylic acids is 1. The van der Waals surface area contributed by atoms with Gasteiger partial charge in [-0.3, -0.25) is 14.5 Å². The fraction of sp³-hybridized carbons (Fsp3) is 0.556. The molecule has 27 heavy (non-hydrogen) atoms. The average molecular weight is 388 g/mol. The number of nitrogens with one attached hydrogen (secondary N) is 1. The van der Waals surface area contributed by atoms with E-state index in [9.17, 15) is 27.2 Å². The van der Waals surface area contributed by atoms with Crippen LogP contribution in [0.4, 0.5) is 17.6 Å². The van der Waals surface area contributed by atoms with Gasteiger partial charge in [0.1, 0.15) is 5.82 Å². The van der Waals surface area contributed by atoms with E-state index in [2.05, 4.69) is 5.32 Å². The Morgan fingerprint density at radius 3 is 2.44 bits per heavy atom. The number of aliphatic carboxylic acids is 1. The molecule has 0 atom stereocenters. The van der Waals surface area contributed by atoms with E-state index in [4.69, 9.17) is 5.11 Å². The second-order valence-corrected chi connectivity index (χ2v) is 7.25. The van der Waals surface area contributed by atoms with Crippen molar-refractivity contribution in [2.24, 2.45) is 5.92 Å². The van der Waals surface area contributed by atoms with Crippen LogP contribution in [0.25, 0.3) is 0 Å². The quantitative estimate of drug-likeness (QED) is 0.705. The summed E-state index contributed by atoms with van der Waals surface area (Å²) in [6.45, 7) is 0.615. The molecule has 0 aromatic heterocycles. The number of amides is 1. The van der Waals surface area contributed by atoms with Crippen molar-refractivity contribution in [2.75, 3.05) is 13.1 Å². The first-order chi connectivity index (χ1) is 12.6. The predicted octanol–water partition coefficient (Wildman–Crippen LogP) is 2.90. The highest BCUT2D eigenvalue weighted by Crippen LogP contribution is 2.34. The van der Waals surface area contributed by atoms with E-state index >= 15 is 0 Å². The van der Waals surface area contributed by atoms with Crippen molar-refractivity contribution in [2.45, 2.75) is 43.9 Å². The number of carboxylic acid groups (broad SMARTS) is 1. The number of nitrogens with zero attached hydrogens (tertiary/aromatic N) is 1. The topological polar surface area (TPSA) is 69.6 Å². The molecule has 3 rings (SSSR count). The fourth-order valence-corrected chi connectivity index (χ4v) is 3.29. The van der Waals surface area contributed by atoms with Crippen LogP contribution in [0.15, 0.2) is 18.2 Å². The van der Waals surface area contributed by atoms with Gasteiger partial charge in [0.2, 0.25) is 0 Å². The van der Waals surface area contributed by atoms with Gasteiger partial charge in [0.05, 0.1) is 17.7 Å². The highest BCUT2D eigenvalue weighted by molar-refractivity contribution is 5.95. The average Bonchev–Trinajstić information content (AvgIpc) is 3.32. The third-order valence-corrected chi connectivity index (χ3v) is 5.03. The van der Waals surface area contributed by atoms with Crippen LogP contribution in [0, 0.1) is 11.7 Å². The van der Waals surface area contributed by atoms with Crippen molar-refractivity contribution in [3.8, 4) is 0 Å². The molecule has 2 aliphatic rings. The molecule has 0 heterocycles. The summed E-state index contributed by atoms with van der Waals surface area (Å²) >= 11 is 0. The Bertz CT molecular complexity index is 728. The molecule has 1 aromatic rings. The third-order valence-electron chi connectivity index (χ3n) is 5.03. The maximum Gasteiger partial charge on any atom is 0.416 e. The molecule has 9 heteroatoms. The molecule has 0 radical (unpaired) electrons. The summed E-state index contributed by atoms with van der Waals surface area (Å²) in [7, 11) is 0. The smallest absolute Gasteiger partial charge is 0.416 e. The van der Waals surface area contributed by atoms with Crippen molar-refractivity contribution in [1.29, 1.82) is 0 Å². The summed E-state index contributed by atoms with van der Waals surface area (Å²) in [6, 6.07) is 1.41. The van der Waals surface area contributed by atoms with Gasteiger partial charge in [-0.2, -0.15) is 13.2 Å². The lowest BCUT2D eigenvalue weighted by atomic mass is 9.85. The lowest BCUT2D eigenvalue weighted by Gasteiger charge is -2.42. The van der Waals surface area contributed by atoms with Gasteiger partial charge in [0, 0.05) is 18.6 Å². The van der Waals surface area contributed by atoms with Crippen molar-refractivity contribution in [1.82, 2.24) is 10.2 Å². The standard InChI is InChI=1S/C18H20F4N2O3/c19-15-4-3-11(18(20,21)22)5-14(15)17(27)23-12-6-13(7-12)24(9-16(25)26)8-10-1-2-10/h3-5,10,12-13H,1-2,6-9H2,(H,23,27)(H,25,26). The molecule has 5 nitrogen and oxygen atoms in total. The number of rotatable bonds is 7. The normalized spacial score (nSPS) is 22.4. The second-order valence-electron chi connectivity index (χ2n) is 7.25. The summed E-state index contributed by atoms with van der Waals surface area (Å²) in [5.41, 5.74) is -1.73. The molecular weight excluding hydrogens is 368 g/mol. The summed E-state index contributed by atoms with van der Waals surface area (Å²) in [4.78, 5) is 25.0. The molecule has 1 amide bonds. The Morgan fingerprint density at radius 2 is 1.89 bits per heavy atom. The van der Waals surface area contributed by atoms with E-state index in [1.165, 1.54) is 0 Å². The minimum atomic E-state index is -4.66. The minimum absolute atomic E-state index is 0.00152. The maximum atomic E-state index is 13.8. The van der Waals surface area contributed by atoms with Crippen molar-refractivity contribution >= 4 is 11.9 Å². The van der Waals surface area contributed by atoms with Crippen molar-refractivity contribution < 1.29 is 32.3 Å². The molecule has 2 N–H and O–H groups in total. The van der Waals surface area contributed by atoms with E-state index in [0.717, 1.165) is 12.8 Å². The number of carbonyl (C=O) groups is 2. The van der Waals surface area contributed by atoms with E-state index in [1.54, 1.807) is 0 Å². The van der Waals surface area contributed by atoms with Crippen LogP contribution in [0.3, 0.4) is 0 Å². The number of hydrogen-bond donors (Lipinski definition) is 2. The number of hydrogen-bond acceptors (Lipinski definition) is 3. The Kier molecular flexibility index (Phi) is 5.41. The number of carbonyl (C=O) groups excluding carboxylic acids is 1. The van der Waals surface area contributed by atoms with Crippen LogP contribution in [0.5, 0.6) is 0 Å². The highest BCUT2D eigenvalue weighted by Gasteiger charge is 2.38.